The zero-order valence-electron chi connectivity index (χ0n) is 12.0. The molecule has 0 saturated heterocycles. The highest BCUT2D eigenvalue weighted by atomic mass is 16.2. The first-order chi connectivity index (χ1) is 9.88. The number of Topliss-reactive ketones (excluding diaryl/α,β-unsaturated/α-hetero) is 1. The Morgan fingerprint density at radius 1 is 1.14 bits per heavy atom. The van der Waals surface area contributed by atoms with Crippen molar-refractivity contribution in [2.75, 3.05) is 5.32 Å². The molecule has 0 radical (unpaired) electrons. The number of amides is 1. The Morgan fingerprint density at radius 3 is 2.29 bits per heavy atom. The molecule has 1 heterocycles. The lowest BCUT2D eigenvalue weighted by atomic mass is 10.1. The Labute approximate surface area is 121 Å². The summed E-state index contributed by atoms with van der Waals surface area (Å²) in [5.41, 5.74) is 0.937. The van der Waals surface area contributed by atoms with Gasteiger partial charge in [-0.3, -0.25) is 14.4 Å². The smallest absolute Gasteiger partial charge is 0.264 e. The maximum atomic E-state index is 12.1. The average molecular weight is 285 g/mol. The van der Waals surface area contributed by atoms with Crippen LogP contribution in [-0.4, -0.2) is 21.7 Å². The molecule has 6 nitrogen and oxygen atoms in total. The SMILES string of the molecule is CC(=O)c1ccc(NC(=O)c2c(C)nc(C)[nH]c2=O)cc1. The quantitative estimate of drug-likeness (QED) is 0.842. The topological polar surface area (TPSA) is 91.9 Å². The van der Waals surface area contributed by atoms with E-state index in [1.807, 2.05) is 0 Å². The van der Waals surface area contributed by atoms with Crippen molar-refractivity contribution in [1.82, 2.24) is 9.97 Å². The number of H-pyrrole nitrogens is 1. The van der Waals surface area contributed by atoms with E-state index in [0.717, 1.165) is 0 Å². The minimum Gasteiger partial charge on any atom is -0.322 e. The van der Waals surface area contributed by atoms with Gasteiger partial charge in [-0.2, -0.15) is 0 Å². The standard InChI is InChI=1S/C15H15N3O3/c1-8-13(14(20)17-10(3)16-8)15(21)18-12-6-4-11(5-7-12)9(2)19/h4-7H,1-3H3,(H,18,21)(H,16,17,20). The number of aromatic amines is 1. The van der Waals surface area contributed by atoms with Crippen molar-refractivity contribution in [2.24, 2.45) is 0 Å². The van der Waals surface area contributed by atoms with Crippen LogP contribution in [0.25, 0.3) is 0 Å². The number of carbonyl (C=O) groups is 2. The molecule has 21 heavy (non-hydrogen) atoms. The predicted octanol–water partition coefficient (Wildman–Crippen LogP) is 1.84. The van der Waals surface area contributed by atoms with Gasteiger partial charge in [-0.1, -0.05) is 0 Å². The number of ketones is 1. The van der Waals surface area contributed by atoms with Crippen LogP contribution in [-0.2, 0) is 0 Å². The molecule has 6 heteroatoms. The van der Waals surface area contributed by atoms with Crippen LogP contribution in [0, 0.1) is 13.8 Å². The Balaban J connectivity index is 2.26. The Morgan fingerprint density at radius 2 is 1.76 bits per heavy atom. The van der Waals surface area contributed by atoms with Crippen LogP contribution in [0.1, 0.15) is 39.2 Å². The maximum absolute atomic E-state index is 12.1. The summed E-state index contributed by atoms with van der Waals surface area (Å²) >= 11 is 0. The molecular weight excluding hydrogens is 270 g/mol. The van der Waals surface area contributed by atoms with Crippen molar-refractivity contribution >= 4 is 17.4 Å². The van der Waals surface area contributed by atoms with Crippen LogP contribution in [0.4, 0.5) is 5.69 Å². The molecule has 1 aromatic heterocycles. The fourth-order valence-electron chi connectivity index (χ4n) is 1.98. The summed E-state index contributed by atoms with van der Waals surface area (Å²) in [6.07, 6.45) is 0. The van der Waals surface area contributed by atoms with E-state index in [-0.39, 0.29) is 11.3 Å². The Kier molecular flexibility index (Phi) is 3.98. The molecule has 0 bridgehead atoms. The third-order valence-corrected chi connectivity index (χ3v) is 3.00. The van der Waals surface area contributed by atoms with Crippen molar-refractivity contribution in [2.45, 2.75) is 20.8 Å². The Bertz CT molecular complexity index is 761. The fraction of sp³-hybridized carbons (Fsp3) is 0.200. The molecule has 0 atom stereocenters. The number of carbonyl (C=O) groups excluding carboxylic acids is 2. The molecule has 0 saturated carbocycles. The molecule has 2 N–H and O–H groups in total. The first-order valence-electron chi connectivity index (χ1n) is 6.38. The first kappa shape index (κ1) is 14.6. The lowest BCUT2D eigenvalue weighted by Gasteiger charge is -2.07. The summed E-state index contributed by atoms with van der Waals surface area (Å²) < 4.78 is 0. The zero-order chi connectivity index (χ0) is 15.6. The van der Waals surface area contributed by atoms with Crippen LogP contribution in [0.5, 0.6) is 0 Å². The number of rotatable bonds is 3. The molecule has 0 aliphatic heterocycles. The van der Waals surface area contributed by atoms with Crippen molar-refractivity contribution in [1.29, 1.82) is 0 Å². The van der Waals surface area contributed by atoms with Crippen molar-refractivity contribution in [3.63, 3.8) is 0 Å². The number of hydrogen-bond donors (Lipinski definition) is 2. The summed E-state index contributed by atoms with van der Waals surface area (Å²) in [5.74, 6) is -0.125. The highest BCUT2D eigenvalue weighted by Gasteiger charge is 2.15. The largest absolute Gasteiger partial charge is 0.322 e. The first-order valence-corrected chi connectivity index (χ1v) is 6.38. The molecule has 1 amide bonds. The molecule has 1 aromatic carbocycles. The van der Waals surface area contributed by atoms with Gasteiger partial charge in [0.1, 0.15) is 11.4 Å². The molecule has 0 unspecified atom stereocenters. The van der Waals surface area contributed by atoms with E-state index < -0.39 is 11.5 Å². The summed E-state index contributed by atoms with van der Waals surface area (Å²) in [6, 6.07) is 6.45. The minimum absolute atomic E-state index is 0.0174. The number of aryl methyl sites for hydroxylation is 2. The van der Waals surface area contributed by atoms with E-state index in [9.17, 15) is 14.4 Å². The molecule has 2 aromatic rings. The number of anilines is 1. The van der Waals surface area contributed by atoms with Gasteiger partial charge in [0, 0.05) is 11.3 Å². The van der Waals surface area contributed by atoms with Gasteiger partial charge < -0.3 is 10.3 Å². The molecule has 0 aliphatic rings. The maximum Gasteiger partial charge on any atom is 0.264 e. The summed E-state index contributed by atoms with van der Waals surface area (Å²) in [6.45, 7) is 4.72. The van der Waals surface area contributed by atoms with E-state index >= 15 is 0 Å². The normalized spacial score (nSPS) is 10.2. The lowest BCUT2D eigenvalue weighted by Crippen LogP contribution is -2.26. The predicted molar refractivity (Wildman–Crippen MR) is 78.7 cm³/mol. The van der Waals surface area contributed by atoms with Gasteiger partial charge in [0.2, 0.25) is 0 Å². The van der Waals surface area contributed by atoms with Gasteiger partial charge in [0.15, 0.2) is 5.78 Å². The number of nitrogens with one attached hydrogen (secondary N) is 2. The van der Waals surface area contributed by atoms with Gasteiger partial charge in [-0.25, -0.2) is 4.98 Å². The molecule has 0 aliphatic carbocycles. The molecule has 108 valence electrons. The van der Waals surface area contributed by atoms with Crippen LogP contribution < -0.4 is 10.9 Å². The summed E-state index contributed by atoms with van der Waals surface area (Å²) in [7, 11) is 0. The second-order valence-corrected chi connectivity index (χ2v) is 4.70. The van der Waals surface area contributed by atoms with E-state index in [1.165, 1.54) is 6.92 Å². The van der Waals surface area contributed by atoms with Crippen LogP contribution in [0.15, 0.2) is 29.1 Å². The number of benzene rings is 1. The van der Waals surface area contributed by atoms with Gasteiger partial charge in [-0.05, 0) is 45.0 Å². The summed E-state index contributed by atoms with van der Waals surface area (Å²) in [4.78, 5) is 41.7. The summed E-state index contributed by atoms with van der Waals surface area (Å²) in [5, 5.41) is 2.62. The van der Waals surface area contributed by atoms with Crippen molar-refractivity contribution in [3.8, 4) is 0 Å². The molecule has 0 fully saturated rings. The van der Waals surface area contributed by atoms with Gasteiger partial charge >= 0.3 is 0 Å². The van der Waals surface area contributed by atoms with E-state index in [4.69, 9.17) is 0 Å². The van der Waals surface area contributed by atoms with Crippen molar-refractivity contribution in [3.05, 3.63) is 57.3 Å². The average Bonchev–Trinajstić information content (AvgIpc) is 2.37. The fourth-order valence-corrected chi connectivity index (χ4v) is 1.98. The van der Waals surface area contributed by atoms with Crippen LogP contribution >= 0.6 is 0 Å². The van der Waals surface area contributed by atoms with Gasteiger partial charge in [0.25, 0.3) is 11.5 Å². The number of hydrogen-bond acceptors (Lipinski definition) is 4. The molecule has 0 spiro atoms. The van der Waals surface area contributed by atoms with Crippen LogP contribution in [0.3, 0.4) is 0 Å². The number of nitrogens with zero attached hydrogens (tertiary/aromatic N) is 1. The molecular formula is C15H15N3O3. The monoisotopic (exact) mass is 285 g/mol. The van der Waals surface area contributed by atoms with E-state index in [2.05, 4.69) is 15.3 Å². The second-order valence-electron chi connectivity index (χ2n) is 4.70. The van der Waals surface area contributed by atoms with Crippen LogP contribution in [0.2, 0.25) is 0 Å². The number of aromatic nitrogens is 2. The zero-order valence-corrected chi connectivity index (χ0v) is 12.0. The lowest BCUT2D eigenvalue weighted by molar-refractivity contribution is 0.101. The minimum atomic E-state index is -0.531. The van der Waals surface area contributed by atoms with Gasteiger partial charge in [0.05, 0.1) is 5.69 Å². The highest BCUT2D eigenvalue weighted by molar-refractivity contribution is 6.05. The van der Waals surface area contributed by atoms with Crippen molar-refractivity contribution < 1.29 is 9.59 Å². The highest BCUT2D eigenvalue weighted by Crippen LogP contribution is 2.11. The third kappa shape index (κ3) is 3.22. The Hall–Kier alpha value is -2.76. The third-order valence-electron chi connectivity index (χ3n) is 3.00. The van der Waals surface area contributed by atoms with E-state index in [0.29, 0.717) is 22.8 Å². The van der Waals surface area contributed by atoms with Gasteiger partial charge in [-0.15, -0.1) is 0 Å². The second kappa shape index (κ2) is 5.70. The van der Waals surface area contributed by atoms with E-state index in [1.54, 1.807) is 38.1 Å². The molecule has 2 rings (SSSR count).